The smallest absolute Gasteiger partial charge is 0.237 e. The van der Waals surface area contributed by atoms with Crippen molar-refractivity contribution in [3.63, 3.8) is 0 Å². The Balaban J connectivity index is 1.95. The average Bonchev–Trinajstić information content (AvgIpc) is 2.55. The lowest BCUT2D eigenvalue weighted by atomic mass is 10.0. The number of carbonyl (C=O) groups excluding carboxylic acids is 1. The summed E-state index contributed by atoms with van der Waals surface area (Å²) in [6, 6.07) is 15.4. The number of likely N-dealkylation sites (N-methyl/N-ethyl adjacent to an activating group) is 1. The molecule has 2 unspecified atom stereocenters. The normalized spacial score (nSPS) is 13.5. The molecule has 4 nitrogen and oxygen atoms in total. The molecule has 0 saturated heterocycles. The number of hydrogen-bond donors (Lipinski definition) is 2. The summed E-state index contributed by atoms with van der Waals surface area (Å²) in [5.41, 5.74) is 7.83. The number of nitrogens with zero attached hydrogens (tertiary/aromatic N) is 1. The molecule has 128 valence electrons. The van der Waals surface area contributed by atoms with Gasteiger partial charge in [-0.3, -0.25) is 4.79 Å². The molecule has 2 rings (SSSR count). The van der Waals surface area contributed by atoms with Crippen molar-refractivity contribution in [1.82, 2.24) is 10.2 Å². The molecular weight excluding hydrogens is 305 g/mol. The number of amides is 1. The van der Waals surface area contributed by atoms with E-state index in [1.54, 1.807) is 6.07 Å². The molecule has 3 N–H and O–H groups in total. The number of benzene rings is 2. The zero-order valence-corrected chi connectivity index (χ0v) is 14.1. The fourth-order valence-electron chi connectivity index (χ4n) is 2.60. The van der Waals surface area contributed by atoms with Crippen molar-refractivity contribution in [3.8, 4) is 0 Å². The molecule has 0 spiro atoms. The van der Waals surface area contributed by atoms with Crippen molar-refractivity contribution in [1.29, 1.82) is 0 Å². The number of hydrogen-bond acceptors (Lipinski definition) is 3. The average molecular weight is 329 g/mol. The fourth-order valence-corrected chi connectivity index (χ4v) is 2.60. The van der Waals surface area contributed by atoms with Gasteiger partial charge >= 0.3 is 0 Å². The predicted molar refractivity (Wildman–Crippen MR) is 94.0 cm³/mol. The number of halogens is 1. The molecule has 24 heavy (non-hydrogen) atoms. The van der Waals surface area contributed by atoms with Crippen molar-refractivity contribution in [2.75, 3.05) is 20.6 Å². The maximum atomic E-state index is 13.4. The van der Waals surface area contributed by atoms with Gasteiger partial charge < -0.3 is 16.0 Å². The molecule has 0 aliphatic heterocycles. The molecule has 2 aromatic rings. The lowest BCUT2D eigenvalue weighted by molar-refractivity contribution is -0.122. The zero-order chi connectivity index (χ0) is 17.5. The van der Waals surface area contributed by atoms with Crippen molar-refractivity contribution in [2.24, 2.45) is 5.73 Å². The number of carbonyl (C=O) groups is 1. The van der Waals surface area contributed by atoms with E-state index in [2.05, 4.69) is 5.32 Å². The van der Waals surface area contributed by atoms with E-state index in [0.717, 1.165) is 11.1 Å². The molecule has 1 amide bonds. The first-order valence-electron chi connectivity index (χ1n) is 7.96. The van der Waals surface area contributed by atoms with E-state index in [1.165, 1.54) is 12.1 Å². The van der Waals surface area contributed by atoms with Crippen LogP contribution in [0.25, 0.3) is 0 Å². The van der Waals surface area contributed by atoms with Gasteiger partial charge in [0.05, 0.1) is 12.1 Å². The van der Waals surface area contributed by atoms with Crippen LogP contribution in [0, 0.1) is 5.82 Å². The molecular formula is C19H24FN3O. The molecule has 0 radical (unpaired) electrons. The summed E-state index contributed by atoms with van der Waals surface area (Å²) < 4.78 is 13.4. The van der Waals surface area contributed by atoms with Crippen molar-refractivity contribution >= 4 is 5.91 Å². The van der Waals surface area contributed by atoms with Crippen molar-refractivity contribution < 1.29 is 9.18 Å². The van der Waals surface area contributed by atoms with E-state index in [1.807, 2.05) is 55.4 Å². The monoisotopic (exact) mass is 329 g/mol. The van der Waals surface area contributed by atoms with E-state index in [4.69, 9.17) is 5.73 Å². The maximum absolute atomic E-state index is 13.4. The van der Waals surface area contributed by atoms with E-state index < -0.39 is 6.04 Å². The van der Waals surface area contributed by atoms with E-state index in [9.17, 15) is 9.18 Å². The summed E-state index contributed by atoms with van der Waals surface area (Å²) in [5.74, 6) is -0.492. The summed E-state index contributed by atoms with van der Waals surface area (Å²) in [5, 5.41) is 2.87. The molecule has 0 saturated carbocycles. The zero-order valence-electron chi connectivity index (χ0n) is 14.1. The van der Waals surface area contributed by atoms with Gasteiger partial charge in [-0.1, -0.05) is 42.5 Å². The second kappa shape index (κ2) is 8.57. The third-order valence-electron chi connectivity index (χ3n) is 3.96. The Morgan fingerprint density at radius 1 is 1.17 bits per heavy atom. The third kappa shape index (κ3) is 5.15. The third-order valence-corrected chi connectivity index (χ3v) is 3.96. The SMILES string of the molecule is CN(C)C(CNC(=O)C(N)Cc1ccccc1)c1cccc(F)c1. The highest BCUT2D eigenvalue weighted by Crippen LogP contribution is 2.18. The van der Waals surface area contributed by atoms with Crippen LogP contribution in [0.4, 0.5) is 4.39 Å². The highest BCUT2D eigenvalue weighted by molar-refractivity contribution is 5.81. The molecule has 2 aromatic carbocycles. The van der Waals surface area contributed by atoms with Crippen LogP contribution in [0.1, 0.15) is 17.2 Å². The minimum absolute atomic E-state index is 0.117. The Bertz CT molecular complexity index is 661. The van der Waals surface area contributed by atoms with Crippen LogP contribution in [0.2, 0.25) is 0 Å². The van der Waals surface area contributed by atoms with Crippen LogP contribution in [-0.4, -0.2) is 37.5 Å². The first-order chi connectivity index (χ1) is 11.5. The molecule has 0 fully saturated rings. The van der Waals surface area contributed by atoms with Crippen molar-refractivity contribution in [3.05, 3.63) is 71.5 Å². The topological polar surface area (TPSA) is 58.4 Å². The van der Waals surface area contributed by atoms with Gasteiger partial charge in [-0.2, -0.15) is 0 Å². The van der Waals surface area contributed by atoms with Crippen LogP contribution in [-0.2, 0) is 11.2 Å². The number of nitrogens with one attached hydrogen (secondary N) is 1. The summed E-state index contributed by atoms with van der Waals surface area (Å²) >= 11 is 0. The summed E-state index contributed by atoms with van der Waals surface area (Å²) in [4.78, 5) is 14.2. The highest BCUT2D eigenvalue weighted by atomic mass is 19.1. The van der Waals surface area contributed by atoms with Gasteiger partial charge in [0.25, 0.3) is 0 Å². The summed E-state index contributed by atoms with van der Waals surface area (Å²) in [6.07, 6.45) is 0.485. The quantitative estimate of drug-likeness (QED) is 0.818. The van der Waals surface area contributed by atoms with Gasteiger partial charge in [0.2, 0.25) is 5.91 Å². The summed E-state index contributed by atoms with van der Waals surface area (Å²) in [7, 11) is 3.79. The lowest BCUT2D eigenvalue weighted by Crippen LogP contribution is -2.44. The second-order valence-electron chi connectivity index (χ2n) is 6.08. The number of rotatable bonds is 7. The van der Waals surface area contributed by atoms with Gasteiger partial charge in [-0.05, 0) is 43.8 Å². The van der Waals surface area contributed by atoms with Crippen LogP contribution in [0.3, 0.4) is 0 Å². The Labute approximate surface area is 142 Å². The van der Waals surface area contributed by atoms with Gasteiger partial charge in [-0.15, -0.1) is 0 Å². The van der Waals surface area contributed by atoms with Gasteiger partial charge in [0.15, 0.2) is 0 Å². The minimum atomic E-state index is -0.609. The Hall–Kier alpha value is -2.24. The van der Waals surface area contributed by atoms with Crippen molar-refractivity contribution in [2.45, 2.75) is 18.5 Å². The van der Waals surface area contributed by atoms with Gasteiger partial charge in [0, 0.05) is 6.54 Å². The first-order valence-corrected chi connectivity index (χ1v) is 7.96. The van der Waals surface area contributed by atoms with Gasteiger partial charge in [0.1, 0.15) is 5.82 Å². The number of nitrogens with two attached hydrogens (primary N) is 1. The Kier molecular flexibility index (Phi) is 6.46. The predicted octanol–water partition coefficient (Wildman–Crippen LogP) is 2.11. The molecule has 2 atom stereocenters. The Morgan fingerprint density at radius 3 is 2.50 bits per heavy atom. The lowest BCUT2D eigenvalue weighted by Gasteiger charge is -2.26. The van der Waals surface area contributed by atoms with Crippen LogP contribution >= 0.6 is 0 Å². The fraction of sp³-hybridized carbons (Fsp3) is 0.316. The highest BCUT2D eigenvalue weighted by Gasteiger charge is 2.19. The molecule has 0 bridgehead atoms. The molecule has 0 aliphatic carbocycles. The van der Waals surface area contributed by atoms with Crippen LogP contribution in [0.5, 0.6) is 0 Å². The van der Waals surface area contributed by atoms with E-state index in [0.29, 0.717) is 13.0 Å². The Morgan fingerprint density at radius 2 is 1.88 bits per heavy atom. The van der Waals surface area contributed by atoms with Crippen LogP contribution < -0.4 is 11.1 Å². The largest absolute Gasteiger partial charge is 0.353 e. The molecule has 0 aromatic heterocycles. The minimum Gasteiger partial charge on any atom is -0.353 e. The standard InChI is InChI=1S/C19H24FN3O/c1-23(2)18(15-9-6-10-16(20)12-15)13-22-19(24)17(21)11-14-7-4-3-5-8-14/h3-10,12,17-18H,11,13,21H2,1-2H3,(H,22,24). The van der Waals surface area contributed by atoms with E-state index >= 15 is 0 Å². The van der Waals surface area contributed by atoms with E-state index in [-0.39, 0.29) is 17.8 Å². The first kappa shape index (κ1) is 18.1. The molecule has 0 aliphatic rings. The van der Waals surface area contributed by atoms with Gasteiger partial charge in [-0.25, -0.2) is 4.39 Å². The second-order valence-corrected chi connectivity index (χ2v) is 6.08. The summed E-state index contributed by atoms with van der Waals surface area (Å²) in [6.45, 7) is 0.373. The maximum Gasteiger partial charge on any atom is 0.237 e. The molecule has 0 heterocycles. The molecule has 5 heteroatoms. The van der Waals surface area contributed by atoms with Crippen LogP contribution in [0.15, 0.2) is 54.6 Å².